The van der Waals surface area contributed by atoms with Crippen molar-refractivity contribution in [1.29, 1.82) is 0 Å². The normalized spacial score (nSPS) is 15.6. The monoisotopic (exact) mass is 343 g/mol. The van der Waals surface area contributed by atoms with Crippen molar-refractivity contribution < 1.29 is 4.79 Å². The summed E-state index contributed by atoms with van der Waals surface area (Å²) >= 11 is 0. The zero-order valence-electron chi connectivity index (χ0n) is 15.2. The molecular weight excluding hydrogens is 314 g/mol. The summed E-state index contributed by atoms with van der Waals surface area (Å²) in [5, 5.41) is 6.64. The molecular formula is C19H29N5O. The van der Waals surface area contributed by atoms with Gasteiger partial charge >= 0.3 is 0 Å². The maximum absolute atomic E-state index is 11.7. The number of hydrogen-bond acceptors (Lipinski definition) is 3. The Balaban J connectivity index is 1.88. The highest BCUT2D eigenvalue weighted by Crippen LogP contribution is 2.19. The zero-order valence-corrected chi connectivity index (χ0v) is 15.2. The summed E-state index contributed by atoms with van der Waals surface area (Å²) in [6, 6.07) is 10.8. The second-order valence-corrected chi connectivity index (χ2v) is 6.36. The molecule has 6 heteroatoms. The average Bonchev–Trinajstić information content (AvgIpc) is 2.64. The molecule has 6 nitrogen and oxygen atoms in total. The average molecular weight is 343 g/mol. The molecule has 0 unspecified atom stereocenters. The summed E-state index contributed by atoms with van der Waals surface area (Å²) in [4.78, 5) is 20.1. The number of carbonyl (C=O) groups excluding carboxylic acids is 1. The lowest BCUT2D eigenvalue weighted by molar-refractivity contribution is -0.127. The molecule has 2 rings (SSSR count). The molecule has 25 heavy (non-hydrogen) atoms. The molecule has 0 saturated carbocycles. The number of hydrogen-bond donors (Lipinski definition) is 2. The number of aliphatic imine (C=N–C) groups is 1. The summed E-state index contributed by atoms with van der Waals surface area (Å²) in [6.45, 7) is 6.49. The van der Waals surface area contributed by atoms with Gasteiger partial charge in [-0.3, -0.25) is 4.79 Å². The highest BCUT2D eigenvalue weighted by Gasteiger charge is 2.20. The SMILES string of the molecule is C=CCNC(=NCC(=O)N(C)C)NC1CCN(c2ccccc2)CC1. The van der Waals surface area contributed by atoms with Crippen LogP contribution in [0.5, 0.6) is 0 Å². The van der Waals surface area contributed by atoms with Crippen LogP contribution in [0, 0.1) is 0 Å². The number of nitrogens with zero attached hydrogens (tertiary/aromatic N) is 3. The van der Waals surface area contributed by atoms with E-state index in [2.05, 4.69) is 51.4 Å². The van der Waals surface area contributed by atoms with Crippen molar-refractivity contribution in [2.75, 3.05) is 45.2 Å². The molecule has 1 heterocycles. The van der Waals surface area contributed by atoms with Gasteiger partial charge in [-0.25, -0.2) is 4.99 Å². The highest BCUT2D eigenvalue weighted by molar-refractivity contribution is 5.85. The predicted molar refractivity (Wildman–Crippen MR) is 104 cm³/mol. The number of amides is 1. The topological polar surface area (TPSA) is 60.0 Å². The van der Waals surface area contributed by atoms with Crippen LogP contribution in [0.2, 0.25) is 0 Å². The number of likely N-dealkylation sites (N-methyl/N-ethyl adjacent to an activating group) is 1. The maximum atomic E-state index is 11.7. The molecule has 1 fully saturated rings. The number of anilines is 1. The molecule has 1 saturated heterocycles. The van der Waals surface area contributed by atoms with Crippen molar-refractivity contribution in [3.63, 3.8) is 0 Å². The van der Waals surface area contributed by atoms with Crippen molar-refractivity contribution in [2.45, 2.75) is 18.9 Å². The first-order valence-corrected chi connectivity index (χ1v) is 8.76. The van der Waals surface area contributed by atoms with Gasteiger partial charge in [-0.2, -0.15) is 0 Å². The molecule has 136 valence electrons. The van der Waals surface area contributed by atoms with E-state index in [1.165, 1.54) is 5.69 Å². The number of rotatable bonds is 6. The third-order valence-electron chi connectivity index (χ3n) is 4.24. The molecule has 0 radical (unpaired) electrons. The van der Waals surface area contributed by atoms with Crippen LogP contribution in [0.4, 0.5) is 5.69 Å². The summed E-state index contributed by atoms with van der Waals surface area (Å²) in [6.07, 6.45) is 3.85. The van der Waals surface area contributed by atoms with Gasteiger partial charge in [0, 0.05) is 45.5 Å². The third kappa shape index (κ3) is 6.14. The van der Waals surface area contributed by atoms with E-state index < -0.39 is 0 Å². The molecule has 2 N–H and O–H groups in total. The van der Waals surface area contributed by atoms with E-state index in [0.29, 0.717) is 18.5 Å². The van der Waals surface area contributed by atoms with Gasteiger partial charge in [0.05, 0.1) is 0 Å². The van der Waals surface area contributed by atoms with Crippen molar-refractivity contribution in [2.24, 2.45) is 4.99 Å². The summed E-state index contributed by atoms with van der Waals surface area (Å²) in [5.74, 6) is 0.659. The fourth-order valence-corrected chi connectivity index (χ4v) is 2.72. The summed E-state index contributed by atoms with van der Waals surface area (Å²) < 4.78 is 0. The van der Waals surface area contributed by atoms with E-state index in [1.54, 1.807) is 25.1 Å². The van der Waals surface area contributed by atoms with Gasteiger partial charge in [-0.1, -0.05) is 24.3 Å². The Hall–Kier alpha value is -2.50. The molecule has 0 aliphatic carbocycles. The molecule has 0 aromatic heterocycles. The zero-order chi connectivity index (χ0) is 18.1. The highest BCUT2D eigenvalue weighted by atomic mass is 16.2. The Morgan fingerprint density at radius 1 is 1.32 bits per heavy atom. The van der Waals surface area contributed by atoms with E-state index in [9.17, 15) is 4.79 Å². The van der Waals surface area contributed by atoms with Gasteiger partial charge in [0.25, 0.3) is 0 Å². The molecule has 1 aliphatic heterocycles. The summed E-state index contributed by atoms with van der Waals surface area (Å²) in [7, 11) is 3.48. The van der Waals surface area contributed by atoms with Crippen LogP contribution in [0.25, 0.3) is 0 Å². The minimum Gasteiger partial charge on any atom is -0.371 e. The maximum Gasteiger partial charge on any atom is 0.243 e. The number of benzene rings is 1. The Morgan fingerprint density at radius 3 is 2.60 bits per heavy atom. The second kappa shape index (κ2) is 9.71. The van der Waals surface area contributed by atoms with Gasteiger partial charge in [-0.05, 0) is 25.0 Å². The number of nitrogens with one attached hydrogen (secondary N) is 2. The lowest BCUT2D eigenvalue weighted by atomic mass is 10.0. The van der Waals surface area contributed by atoms with Gasteiger partial charge < -0.3 is 20.4 Å². The minimum absolute atomic E-state index is 0.0152. The predicted octanol–water partition coefficient (Wildman–Crippen LogP) is 1.46. The van der Waals surface area contributed by atoms with Gasteiger partial charge in [0.1, 0.15) is 6.54 Å². The van der Waals surface area contributed by atoms with E-state index in [1.807, 2.05) is 6.07 Å². The first-order chi connectivity index (χ1) is 12.1. The summed E-state index contributed by atoms with van der Waals surface area (Å²) in [5.41, 5.74) is 1.27. The van der Waals surface area contributed by atoms with Crippen LogP contribution in [-0.4, -0.2) is 63.1 Å². The van der Waals surface area contributed by atoms with Crippen LogP contribution in [0.15, 0.2) is 48.0 Å². The molecule has 1 aromatic carbocycles. The van der Waals surface area contributed by atoms with E-state index >= 15 is 0 Å². The van der Waals surface area contributed by atoms with Crippen LogP contribution >= 0.6 is 0 Å². The molecule has 1 amide bonds. The quantitative estimate of drug-likeness (QED) is 0.466. The minimum atomic E-state index is -0.0152. The fraction of sp³-hybridized carbons (Fsp3) is 0.474. The number of piperidine rings is 1. The number of carbonyl (C=O) groups is 1. The third-order valence-corrected chi connectivity index (χ3v) is 4.24. The van der Waals surface area contributed by atoms with Crippen LogP contribution in [0.1, 0.15) is 12.8 Å². The Labute approximate surface area is 150 Å². The van der Waals surface area contributed by atoms with E-state index in [-0.39, 0.29) is 12.5 Å². The number of guanidine groups is 1. The smallest absolute Gasteiger partial charge is 0.243 e. The largest absolute Gasteiger partial charge is 0.371 e. The van der Waals surface area contributed by atoms with E-state index in [4.69, 9.17) is 0 Å². The first-order valence-electron chi connectivity index (χ1n) is 8.76. The first kappa shape index (κ1) is 18.8. The Bertz CT molecular complexity index is 577. The van der Waals surface area contributed by atoms with Gasteiger partial charge in [0.15, 0.2) is 5.96 Å². The van der Waals surface area contributed by atoms with E-state index in [0.717, 1.165) is 25.9 Å². The second-order valence-electron chi connectivity index (χ2n) is 6.36. The molecule has 0 spiro atoms. The molecule has 0 bridgehead atoms. The van der Waals surface area contributed by atoms with Crippen LogP contribution in [-0.2, 0) is 4.79 Å². The fourth-order valence-electron chi connectivity index (χ4n) is 2.72. The van der Waals surface area contributed by atoms with Gasteiger partial charge in [0.2, 0.25) is 5.91 Å². The standard InChI is InChI=1S/C19H29N5O/c1-4-12-20-19(21-15-18(25)23(2)3)22-16-10-13-24(14-11-16)17-8-6-5-7-9-17/h4-9,16H,1,10-15H2,2-3H3,(H2,20,21,22). The van der Waals surface area contributed by atoms with Crippen molar-refractivity contribution >= 4 is 17.6 Å². The lowest BCUT2D eigenvalue weighted by Gasteiger charge is -2.34. The van der Waals surface area contributed by atoms with Crippen LogP contribution in [0.3, 0.4) is 0 Å². The van der Waals surface area contributed by atoms with Crippen molar-refractivity contribution in [1.82, 2.24) is 15.5 Å². The Kier molecular flexibility index (Phi) is 7.32. The van der Waals surface area contributed by atoms with Crippen LogP contribution < -0.4 is 15.5 Å². The molecule has 1 aliphatic rings. The Morgan fingerprint density at radius 2 is 2.00 bits per heavy atom. The molecule has 1 aromatic rings. The lowest BCUT2D eigenvalue weighted by Crippen LogP contribution is -2.49. The van der Waals surface area contributed by atoms with Crippen molar-refractivity contribution in [3.8, 4) is 0 Å². The van der Waals surface area contributed by atoms with Gasteiger partial charge in [-0.15, -0.1) is 6.58 Å². The molecule has 0 atom stereocenters. The van der Waals surface area contributed by atoms with Crippen molar-refractivity contribution in [3.05, 3.63) is 43.0 Å². The number of para-hydroxylation sites is 1.